The molecule has 2 aromatic carbocycles. The highest BCUT2D eigenvalue weighted by Gasteiger charge is 2.26. The van der Waals surface area contributed by atoms with E-state index in [-0.39, 0.29) is 11.5 Å². The maximum absolute atomic E-state index is 11.3. The van der Waals surface area contributed by atoms with Gasteiger partial charge in [0, 0.05) is 5.56 Å². The molecule has 0 fully saturated rings. The van der Waals surface area contributed by atoms with Crippen molar-refractivity contribution in [1.29, 1.82) is 0 Å². The number of benzene rings is 2. The van der Waals surface area contributed by atoms with Crippen LogP contribution >= 0.6 is 0 Å². The third kappa shape index (κ3) is 11.6. The SMILES string of the molecule is C=CCOS(=O)(=O)c1ccccc1.CCCC[N+](CCCC)(CCCC)Cc1ccccc1. The van der Waals surface area contributed by atoms with Gasteiger partial charge in [0.15, 0.2) is 0 Å². The minimum absolute atomic E-state index is 0.00275. The van der Waals surface area contributed by atoms with Crippen molar-refractivity contribution in [1.82, 2.24) is 0 Å². The molecular formula is C28H44NO3S+. The molecule has 184 valence electrons. The topological polar surface area (TPSA) is 43.4 Å². The van der Waals surface area contributed by atoms with Crippen LogP contribution in [0.3, 0.4) is 0 Å². The van der Waals surface area contributed by atoms with Gasteiger partial charge < -0.3 is 4.48 Å². The summed E-state index contributed by atoms with van der Waals surface area (Å²) < 4.78 is 28.6. The lowest BCUT2D eigenvalue weighted by atomic mass is 10.1. The van der Waals surface area contributed by atoms with Crippen LogP contribution in [0.15, 0.2) is 78.2 Å². The maximum atomic E-state index is 11.3. The average molecular weight is 475 g/mol. The van der Waals surface area contributed by atoms with Gasteiger partial charge in [-0.3, -0.25) is 4.18 Å². The Bertz CT molecular complexity index is 829. The summed E-state index contributed by atoms with van der Waals surface area (Å²) in [7, 11) is -3.59. The largest absolute Gasteiger partial charge is 0.320 e. The van der Waals surface area contributed by atoms with Gasteiger partial charge >= 0.3 is 0 Å². The van der Waals surface area contributed by atoms with Gasteiger partial charge in [-0.25, -0.2) is 0 Å². The van der Waals surface area contributed by atoms with Crippen molar-refractivity contribution in [3.05, 3.63) is 78.9 Å². The van der Waals surface area contributed by atoms with E-state index in [0.29, 0.717) is 0 Å². The number of rotatable bonds is 15. The summed E-state index contributed by atoms with van der Waals surface area (Å²) in [4.78, 5) is 0.164. The second-order valence-electron chi connectivity index (χ2n) is 8.56. The molecule has 0 saturated heterocycles. The maximum Gasteiger partial charge on any atom is 0.297 e. The molecular weight excluding hydrogens is 430 g/mol. The van der Waals surface area contributed by atoms with E-state index in [9.17, 15) is 8.42 Å². The van der Waals surface area contributed by atoms with Crippen LogP contribution < -0.4 is 0 Å². The first-order chi connectivity index (χ1) is 15.9. The molecule has 2 aromatic rings. The summed E-state index contributed by atoms with van der Waals surface area (Å²) in [5.41, 5.74) is 1.51. The average Bonchev–Trinajstić information content (AvgIpc) is 2.85. The first kappa shape index (κ1) is 29.1. The van der Waals surface area contributed by atoms with Crippen LogP contribution in [0.25, 0.3) is 0 Å². The Hall–Kier alpha value is -1.95. The van der Waals surface area contributed by atoms with Gasteiger partial charge in [0.1, 0.15) is 6.54 Å². The lowest BCUT2D eigenvalue weighted by Gasteiger charge is -2.39. The molecule has 0 aromatic heterocycles. The zero-order chi connectivity index (χ0) is 24.4. The number of quaternary nitrogens is 1. The van der Waals surface area contributed by atoms with E-state index < -0.39 is 10.1 Å². The van der Waals surface area contributed by atoms with Crippen molar-refractivity contribution in [2.24, 2.45) is 0 Å². The molecule has 0 saturated carbocycles. The van der Waals surface area contributed by atoms with Crippen LogP contribution in [0, 0.1) is 0 Å². The van der Waals surface area contributed by atoms with Crippen LogP contribution in [0.2, 0.25) is 0 Å². The van der Waals surface area contributed by atoms with Crippen molar-refractivity contribution < 1.29 is 17.1 Å². The van der Waals surface area contributed by atoms with Crippen molar-refractivity contribution in [3.8, 4) is 0 Å². The molecule has 0 N–H and O–H groups in total. The van der Waals surface area contributed by atoms with Gasteiger partial charge in [0.2, 0.25) is 0 Å². The Labute approximate surface area is 203 Å². The van der Waals surface area contributed by atoms with E-state index in [1.54, 1.807) is 18.2 Å². The number of hydrogen-bond acceptors (Lipinski definition) is 3. The summed E-state index contributed by atoms with van der Waals surface area (Å²) >= 11 is 0. The molecule has 0 amide bonds. The van der Waals surface area contributed by atoms with Gasteiger partial charge in [0.25, 0.3) is 10.1 Å². The van der Waals surface area contributed by atoms with Crippen molar-refractivity contribution in [3.63, 3.8) is 0 Å². The highest BCUT2D eigenvalue weighted by atomic mass is 32.2. The quantitative estimate of drug-likeness (QED) is 0.159. The number of hydrogen-bond donors (Lipinski definition) is 0. The molecule has 0 radical (unpaired) electrons. The highest BCUT2D eigenvalue weighted by molar-refractivity contribution is 7.86. The van der Waals surface area contributed by atoms with E-state index in [1.165, 1.54) is 93.0 Å². The van der Waals surface area contributed by atoms with Crippen LogP contribution in [0.5, 0.6) is 0 Å². The highest BCUT2D eigenvalue weighted by Crippen LogP contribution is 2.20. The van der Waals surface area contributed by atoms with E-state index in [1.807, 2.05) is 0 Å². The summed E-state index contributed by atoms with van der Waals surface area (Å²) in [6, 6.07) is 19.1. The minimum atomic E-state index is -3.59. The van der Waals surface area contributed by atoms with Gasteiger partial charge in [0.05, 0.1) is 31.1 Å². The Morgan fingerprint density at radius 3 is 1.67 bits per heavy atom. The standard InChI is InChI=1S/C19H34N.C9H10O3S/c1-4-7-15-20(16-8-5-2,17-9-6-3)18-19-13-11-10-12-14-19;1-2-8-12-13(10,11)9-6-4-3-5-7-9/h10-14H,4-9,15-18H2,1-3H3;2-7H,1,8H2/q+1;. The molecule has 0 bridgehead atoms. The third-order valence-corrected chi connectivity index (χ3v) is 6.99. The monoisotopic (exact) mass is 474 g/mol. The van der Waals surface area contributed by atoms with E-state index in [0.717, 1.165) is 0 Å². The summed E-state index contributed by atoms with van der Waals surface area (Å²) in [6.07, 6.45) is 9.41. The van der Waals surface area contributed by atoms with Gasteiger partial charge in [-0.05, 0) is 31.4 Å². The Kier molecular flexibility index (Phi) is 14.7. The fourth-order valence-electron chi connectivity index (χ4n) is 3.82. The molecule has 0 aliphatic heterocycles. The Balaban J connectivity index is 0.000000361. The van der Waals surface area contributed by atoms with Crippen molar-refractivity contribution in [2.45, 2.75) is 70.7 Å². The first-order valence-corrected chi connectivity index (χ1v) is 13.8. The van der Waals surface area contributed by atoms with Crippen LogP contribution in [-0.4, -0.2) is 39.1 Å². The molecule has 4 nitrogen and oxygen atoms in total. The first-order valence-electron chi connectivity index (χ1n) is 12.4. The second-order valence-corrected chi connectivity index (χ2v) is 10.2. The predicted octanol–water partition coefficient (Wildman–Crippen LogP) is 6.98. The normalized spacial score (nSPS) is 11.5. The van der Waals surface area contributed by atoms with Crippen molar-refractivity contribution in [2.75, 3.05) is 26.2 Å². The van der Waals surface area contributed by atoms with Crippen LogP contribution in [0.1, 0.15) is 64.9 Å². The molecule has 2 rings (SSSR count). The van der Waals surface area contributed by atoms with E-state index >= 15 is 0 Å². The van der Waals surface area contributed by atoms with Crippen LogP contribution in [-0.2, 0) is 20.8 Å². The smallest absolute Gasteiger partial charge is 0.297 e. The molecule has 0 aliphatic carbocycles. The second kappa shape index (κ2) is 16.6. The summed E-state index contributed by atoms with van der Waals surface area (Å²) in [5.74, 6) is 0. The fourth-order valence-corrected chi connectivity index (χ4v) is 4.72. The van der Waals surface area contributed by atoms with Gasteiger partial charge in [-0.2, -0.15) is 8.42 Å². The number of unbranched alkanes of at least 4 members (excludes halogenated alkanes) is 3. The van der Waals surface area contributed by atoms with Gasteiger partial charge in [-0.15, -0.1) is 6.58 Å². The molecule has 0 heterocycles. The molecule has 0 atom stereocenters. The fraction of sp³-hybridized carbons (Fsp3) is 0.500. The Morgan fingerprint density at radius 2 is 1.24 bits per heavy atom. The third-order valence-electron chi connectivity index (χ3n) is 5.69. The molecule has 0 spiro atoms. The molecule has 5 heteroatoms. The zero-order valence-electron chi connectivity index (χ0n) is 20.9. The van der Waals surface area contributed by atoms with E-state index in [4.69, 9.17) is 0 Å². The summed E-state index contributed by atoms with van der Waals surface area (Å²) in [5, 5.41) is 0. The predicted molar refractivity (Wildman–Crippen MR) is 140 cm³/mol. The zero-order valence-corrected chi connectivity index (χ0v) is 21.7. The number of nitrogens with zero attached hydrogens (tertiary/aromatic N) is 1. The molecule has 0 unspecified atom stereocenters. The molecule has 0 aliphatic rings. The lowest BCUT2D eigenvalue weighted by molar-refractivity contribution is -0.941. The lowest BCUT2D eigenvalue weighted by Crippen LogP contribution is -2.49. The van der Waals surface area contributed by atoms with Crippen molar-refractivity contribution >= 4 is 10.1 Å². The Morgan fingerprint density at radius 1 is 0.788 bits per heavy atom. The van der Waals surface area contributed by atoms with E-state index in [2.05, 4.69) is 61.9 Å². The molecule has 33 heavy (non-hydrogen) atoms. The van der Waals surface area contributed by atoms with Crippen LogP contribution in [0.4, 0.5) is 0 Å². The summed E-state index contributed by atoms with van der Waals surface area (Å²) in [6.45, 7) is 15.6. The minimum Gasteiger partial charge on any atom is -0.320 e. The van der Waals surface area contributed by atoms with Gasteiger partial charge in [-0.1, -0.05) is 94.6 Å².